The molecule has 0 aliphatic rings. The van der Waals surface area contributed by atoms with Gasteiger partial charge in [0, 0.05) is 0 Å². The zero-order valence-corrected chi connectivity index (χ0v) is 6.75. The van der Waals surface area contributed by atoms with E-state index >= 15 is 0 Å². The van der Waals surface area contributed by atoms with Crippen molar-refractivity contribution in [1.29, 1.82) is 0 Å². The molecule has 70 valence electrons. The summed E-state index contributed by atoms with van der Waals surface area (Å²) >= 11 is 0. The zero-order valence-electron chi connectivity index (χ0n) is 6.75. The van der Waals surface area contributed by atoms with E-state index in [0.29, 0.717) is 0 Å². The molecule has 0 aromatic rings. The SMILES string of the molecule is O=C(O)[C@@H](O)[C@H](O)[C@@H](O)C(=O)[O-].[Li+]. The van der Waals surface area contributed by atoms with Gasteiger partial charge >= 0.3 is 24.8 Å². The first kappa shape index (κ1) is 14.9. The van der Waals surface area contributed by atoms with Crippen LogP contribution in [-0.2, 0) is 9.59 Å². The second-order valence-electron chi connectivity index (χ2n) is 2.04. The maximum atomic E-state index is 9.93. The molecule has 0 aromatic carbocycles. The minimum absolute atomic E-state index is 0. The topological polar surface area (TPSA) is 138 Å². The van der Waals surface area contributed by atoms with Crippen molar-refractivity contribution in [3.8, 4) is 0 Å². The molecular formula is C5H7LiO7. The van der Waals surface area contributed by atoms with Gasteiger partial charge in [0.25, 0.3) is 0 Å². The summed E-state index contributed by atoms with van der Waals surface area (Å²) < 4.78 is 0. The summed E-state index contributed by atoms with van der Waals surface area (Å²) in [6, 6.07) is 0. The van der Waals surface area contributed by atoms with Gasteiger partial charge < -0.3 is 30.3 Å². The molecule has 3 atom stereocenters. The van der Waals surface area contributed by atoms with Crippen molar-refractivity contribution in [3.05, 3.63) is 0 Å². The van der Waals surface area contributed by atoms with E-state index in [1.54, 1.807) is 0 Å². The second kappa shape index (κ2) is 5.96. The maximum absolute atomic E-state index is 9.93. The number of hydrogen-bond donors (Lipinski definition) is 4. The Bertz CT molecular complexity index is 173. The predicted molar refractivity (Wildman–Crippen MR) is 30.7 cm³/mol. The normalized spacial score (nSPS) is 16.5. The second-order valence-corrected chi connectivity index (χ2v) is 2.04. The van der Waals surface area contributed by atoms with E-state index in [1.165, 1.54) is 0 Å². The molecule has 0 fully saturated rings. The first-order valence-electron chi connectivity index (χ1n) is 2.85. The summed E-state index contributed by atoms with van der Waals surface area (Å²) in [5.74, 6) is -3.88. The molecule has 0 bridgehead atoms. The van der Waals surface area contributed by atoms with Crippen LogP contribution in [0, 0.1) is 0 Å². The van der Waals surface area contributed by atoms with E-state index in [4.69, 9.17) is 20.4 Å². The average molecular weight is 186 g/mol. The summed E-state index contributed by atoms with van der Waals surface area (Å²) in [7, 11) is 0. The average Bonchev–Trinajstić information content (AvgIpc) is 2.00. The molecule has 0 aliphatic carbocycles. The smallest absolute Gasteiger partial charge is 0.547 e. The molecule has 0 saturated heterocycles. The predicted octanol–water partition coefficient (Wildman–Crippen LogP) is -7.09. The molecule has 0 aromatic heterocycles. The summed E-state index contributed by atoms with van der Waals surface area (Å²) in [4.78, 5) is 19.8. The maximum Gasteiger partial charge on any atom is 1.00 e. The van der Waals surface area contributed by atoms with Gasteiger partial charge in [-0.05, 0) is 0 Å². The van der Waals surface area contributed by atoms with Crippen LogP contribution in [0.2, 0.25) is 0 Å². The van der Waals surface area contributed by atoms with Crippen LogP contribution in [0.15, 0.2) is 0 Å². The Hall–Kier alpha value is -0.583. The number of aliphatic carboxylic acids is 2. The van der Waals surface area contributed by atoms with Gasteiger partial charge in [-0.15, -0.1) is 0 Å². The van der Waals surface area contributed by atoms with Gasteiger partial charge in [0.05, 0.1) is 5.97 Å². The molecule has 0 saturated carbocycles. The molecule has 0 spiro atoms. The molecule has 0 amide bonds. The molecular weight excluding hydrogens is 179 g/mol. The van der Waals surface area contributed by atoms with Crippen molar-refractivity contribution in [1.82, 2.24) is 0 Å². The largest absolute Gasteiger partial charge is 1.00 e. The molecule has 4 N–H and O–H groups in total. The summed E-state index contributed by atoms with van der Waals surface area (Å²) in [5.41, 5.74) is 0. The Morgan fingerprint density at radius 3 is 1.69 bits per heavy atom. The number of rotatable bonds is 4. The fourth-order valence-corrected chi connectivity index (χ4v) is 0.458. The van der Waals surface area contributed by atoms with Crippen molar-refractivity contribution in [3.63, 3.8) is 0 Å². The van der Waals surface area contributed by atoms with Gasteiger partial charge in [-0.25, -0.2) is 4.79 Å². The van der Waals surface area contributed by atoms with E-state index in [2.05, 4.69) is 0 Å². The van der Waals surface area contributed by atoms with Crippen LogP contribution in [0.5, 0.6) is 0 Å². The van der Waals surface area contributed by atoms with Gasteiger partial charge in [0.1, 0.15) is 12.2 Å². The number of carbonyl (C=O) groups excluding carboxylic acids is 1. The van der Waals surface area contributed by atoms with Crippen LogP contribution in [0.4, 0.5) is 0 Å². The molecule has 0 rings (SSSR count). The van der Waals surface area contributed by atoms with Gasteiger partial charge in [-0.2, -0.15) is 0 Å². The Labute approximate surface area is 84.8 Å². The van der Waals surface area contributed by atoms with Crippen LogP contribution in [0.1, 0.15) is 0 Å². The third-order valence-corrected chi connectivity index (χ3v) is 1.14. The minimum atomic E-state index is -2.42. The third-order valence-electron chi connectivity index (χ3n) is 1.14. The van der Waals surface area contributed by atoms with Gasteiger partial charge in [0.15, 0.2) is 6.10 Å². The first-order valence-corrected chi connectivity index (χ1v) is 2.85. The standard InChI is InChI=1S/C5H8O7.Li/c6-1(2(7)4(9)10)3(8)5(11)12;/h1-3,6-8H,(H,9,10)(H,11,12);/q;+1/p-1/t1-,2-,3+;. The molecule has 8 heteroatoms. The fraction of sp³-hybridized carbons (Fsp3) is 0.600. The van der Waals surface area contributed by atoms with E-state index in [-0.39, 0.29) is 18.9 Å². The van der Waals surface area contributed by atoms with Crippen molar-refractivity contribution in [2.24, 2.45) is 0 Å². The Kier molecular flexibility index (Phi) is 6.84. The van der Waals surface area contributed by atoms with Gasteiger partial charge in [-0.1, -0.05) is 0 Å². The molecule has 0 unspecified atom stereocenters. The Morgan fingerprint density at radius 1 is 1.08 bits per heavy atom. The Morgan fingerprint density at radius 2 is 1.46 bits per heavy atom. The monoisotopic (exact) mass is 186 g/mol. The van der Waals surface area contributed by atoms with Crippen LogP contribution in [0.25, 0.3) is 0 Å². The number of hydrogen-bond acceptors (Lipinski definition) is 6. The van der Waals surface area contributed by atoms with Crippen molar-refractivity contribution < 1.29 is 54.0 Å². The van der Waals surface area contributed by atoms with E-state index in [1.807, 2.05) is 0 Å². The van der Waals surface area contributed by atoms with Crippen LogP contribution >= 0.6 is 0 Å². The van der Waals surface area contributed by atoms with E-state index < -0.39 is 30.3 Å². The summed E-state index contributed by atoms with van der Waals surface area (Å²) in [5, 5.41) is 43.5. The number of carboxylic acid groups (broad SMARTS) is 2. The molecule has 7 nitrogen and oxygen atoms in total. The number of aliphatic hydroxyl groups excluding tert-OH is 3. The van der Waals surface area contributed by atoms with Crippen molar-refractivity contribution in [2.45, 2.75) is 18.3 Å². The van der Waals surface area contributed by atoms with Crippen LogP contribution < -0.4 is 24.0 Å². The van der Waals surface area contributed by atoms with Gasteiger partial charge in [0.2, 0.25) is 0 Å². The summed E-state index contributed by atoms with van der Waals surface area (Å²) in [6.07, 6.45) is -7.07. The number of carbonyl (C=O) groups is 2. The number of carboxylic acids is 2. The Balaban J connectivity index is 0. The van der Waals surface area contributed by atoms with Crippen LogP contribution in [0.3, 0.4) is 0 Å². The quantitative estimate of drug-likeness (QED) is 0.320. The van der Waals surface area contributed by atoms with Crippen molar-refractivity contribution in [2.75, 3.05) is 0 Å². The molecule has 0 radical (unpaired) electrons. The van der Waals surface area contributed by atoms with Gasteiger partial charge in [-0.3, -0.25) is 0 Å². The van der Waals surface area contributed by atoms with Crippen LogP contribution in [-0.4, -0.2) is 50.7 Å². The minimum Gasteiger partial charge on any atom is -0.547 e. The zero-order chi connectivity index (χ0) is 9.89. The summed E-state index contributed by atoms with van der Waals surface area (Å²) in [6.45, 7) is 0. The fourth-order valence-electron chi connectivity index (χ4n) is 0.458. The van der Waals surface area contributed by atoms with E-state index in [9.17, 15) is 14.7 Å². The third kappa shape index (κ3) is 4.26. The molecule has 0 heterocycles. The first-order chi connectivity index (χ1) is 5.37. The molecule has 0 aliphatic heterocycles. The van der Waals surface area contributed by atoms with E-state index in [0.717, 1.165) is 0 Å². The van der Waals surface area contributed by atoms with Crippen molar-refractivity contribution >= 4 is 11.9 Å². The molecule has 13 heavy (non-hydrogen) atoms. The number of aliphatic hydroxyl groups is 3.